The first kappa shape index (κ1) is 19.9. The van der Waals surface area contributed by atoms with Crippen LogP contribution in [0.1, 0.15) is 24.2 Å². The number of urea groups is 1. The van der Waals surface area contributed by atoms with Crippen molar-refractivity contribution in [2.45, 2.75) is 19.9 Å². The molecule has 0 unspecified atom stereocenters. The van der Waals surface area contributed by atoms with E-state index in [9.17, 15) is 9.59 Å². The molecular weight excluding hydrogens is 370 g/mol. The van der Waals surface area contributed by atoms with E-state index in [1.807, 2.05) is 38.1 Å². The maximum Gasteiger partial charge on any atom is 0.319 e. The van der Waals surface area contributed by atoms with Gasteiger partial charge in [-0.3, -0.25) is 9.89 Å². The van der Waals surface area contributed by atoms with Gasteiger partial charge in [-0.25, -0.2) is 4.79 Å². The summed E-state index contributed by atoms with van der Waals surface area (Å²) in [5, 5.41) is 15.2. The summed E-state index contributed by atoms with van der Waals surface area (Å²) in [5.74, 6) is 0.746. The van der Waals surface area contributed by atoms with Gasteiger partial charge in [-0.15, -0.1) is 0 Å². The summed E-state index contributed by atoms with van der Waals surface area (Å²) in [6.07, 6.45) is 0. The molecule has 8 nitrogen and oxygen atoms in total. The molecule has 0 aliphatic heterocycles. The van der Waals surface area contributed by atoms with Gasteiger partial charge in [-0.1, -0.05) is 18.2 Å². The Bertz CT molecular complexity index is 1010. The third-order valence-corrected chi connectivity index (χ3v) is 4.02. The Morgan fingerprint density at radius 1 is 1.03 bits per heavy atom. The first-order valence-electron chi connectivity index (χ1n) is 9.14. The van der Waals surface area contributed by atoms with E-state index in [2.05, 4.69) is 26.1 Å². The fourth-order valence-corrected chi connectivity index (χ4v) is 2.75. The van der Waals surface area contributed by atoms with Crippen LogP contribution in [0.3, 0.4) is 0 Å². The van der Waals surface area contributed by atoms with Gasteiger partial charge < -0.3 is 20.7 Å². The molecule has 2 aromatic carbocycles. The number of nitrogens with zero attached hydrogens (tertiary/aromatic N) is 1. The molecular formula is C21H23N5O3. The minimum atomic E-state index is -0.337. The van der Waals surface area contributed by atoms with Gasteiger partial charge in [0.1, 0.15) is 5.75 Å². The number of nitrogens with one attached hydrogen (secondary N) is 4. The van der Waals surface area contributed by atoms with Crippen LogP contribution in [-0.4, -0.2) is 35.3 Å². The van der Waals surface area contributed by atoms with Gasteiger partial charge in [-0.2, -0.15) is 5.10 Å². The van der Waals surface area contributed by atoms with E-state index in [0.29, 0.717) is 22.8 Å². The Morgan fingerprint density at radius 2 is 1.83 bits per heavy atom. The highest BCUT2D eigenvalue weighted by Crippen LogP contribution is 2.29. The highest BCUT2D eigenvalue weighted by molar-refractivity contribution is 6.05. The maximum atomic E-state index is 12.6. The summed E-state index contributed by atoms with van der Waals surface area (Å²) in [5.41, 5.74) is 2.48. The highest BCUT2D eigenvalue weighted by Gasteiger charge is 2.13. The van der Waals surface area contributed by atoms with Gasteiger partial charge in [-0.05, 0) is 44.2 Å². The molecule has 0 atom stereocenters. The molecule has 3 amide bonds. The number of anilines is 2. The molecule has 3 aromatic rings. The molecule has 0 radical (unpaired) electrons. The zero-order valence-corrected chi connectivity index (χ0v) is 16.4. The van der Waals surface area contributed by atoms with E-state index < -0.39 is 0 Å². The molecule has 0 aliphatic rings. The standard InChI is InChI=1S/C21H23N5O3/c1-13(2)22-21(28)23-15-8-6-7-14(11-15)20(27)24-19-12-17(25-26-19)16-9-4-5-10-18(16)29-3/h4-13H,1-3H3,(H2,22,23,28)(H2,24,25,26,27). The second-order valence-corrected chi connectivity index (χ2v) is 6.66. The van der Waals surface area contributed by atoms with Crippen LogP contribution in [0.2, 0.25) is 0 Å². The summed E-state index contributed by atoms with van der Waals surface area (Å²) in [4.78, 5) is 24.4. The fraction of sp³-hybridized carbons (Fsp3) is 0.190. The third-order valence-electron chi connectivity index (χ3n) is 4.02. The first-order valence-corrected chi connectivity index (χ1v) is 9.14. The highest BCUT2D eigenvalue weighted by atomic mass is 16.5. The average Bonchev–Trinajstić information content (AvgIpc) is 3.15. The van der Waals surface area contributed by atoms with Gasteiger partial charge in [0, 0.05) is 28.9 Å². The summed E-state index contributed by atoms with van der Waals surface area (Å²) in [6.45, 7) is 3.74. The number of amides is 3. The molecule has 0 bridgehead atoms. The molecule has 3 rings (SSSR count). The van der Waals surface area contributed by atoms with Crippen LogP contribution >= 0.6 is 0 Å². The van der Waals surface area contributed by atoms with Crippen LogP contribution in [0.25, 0.3) is 11.3 Å². The van der Waals surface area contributed by atoms with Crippen LogP contribution in [-0.2, 0) is 0 Å². The summed E-state index contributed by atoms with van der Waals surface area (Å²) >= 11 is 0. The third kappa shape index (κ3) is 5.13. The van der Waals surface area contributed by atoms with Gasteiger partial charge >= 0.3 is 6.03 Å². The first-order chi connectivity index (χ1) is 14.0. The molecule has 8 heteroatoms. The number of hydrogen-bond acceptors (Lipinski definition) is 4. The lowest BCUT2D eigenvalue weighted by Gasteiger charge is -2.11. The quantitative estimate of drug-likeness (QED) is 0.510. The van der Waals surface area contributed by atoms with Crippen molar-refractivity contribution in [3.63, 3.8) is 0 Å². The Hall–Kier alpha value is -3.81. The van der Waals surface area contributed by atoms with E-state index in [0.717, 1.165) is 11.3 Å². The summed E-state index contributed by atoms with van der Waals surface area (Å²) in [7, 11) is 1.60. The minimum Gasteiger partial charge on any atom is -0.496 e. The largest absolute Gasteiger partial charge is 0.496 e. The van der Waals surface area contributed by atoms with E-state index >= 15 is 0 Å². The van der Waals surface area contributed by atoms with E-state index in [1.54, 1.807) is 37.4 Å². The lowest BCUT2D eigenvalue weighted by molar-refractivity contribution is 0.102. The van der Waals surface area contributed by atoms with E-state index in [-0.39, 0.29) is 18.0 Å². The molecule has 0 aliphatic carbocycles. The van der Waals surface area contributed by atoms with Gasteiger partial charge in [0.05, 0.1) is 12.8 Å². The molecule has 1 heterocycles. The molecule has 0 saturated heterocycles. The Morgan fingerprint density at radius 3 is 2.59 bits per heavy atom. The lowest BCUT2D eigenvalue weighted by Crippen LogP contribution is -2.34. The van der Waals surface area contributed by atoms with Crippen molar-refractivity contribution < 1.29 is 14.3 Å². The average molecular weight is 393 g/mol. The van der Waals surface area contributed by atoms with Crippen molar-refractivity contribution in [1.82, 2.24) is 15.5 Å². The fourth-order valence-electron chi connectivity index (χ4n) is 2.75. The monoisotopic (exact) mass is 393 g/mol. The number of hydrogen-bond donors (Lipinski definition) is 4. The summed E-state index contributed by atoms with van der Waals surface area (Å²) < 4.78 is 5.35. The molecule has 0 saturated carbocycles. The number of ether oxygens (including phenoxy) is 1. The minimum absolute atomic E-state index is 0.0126. The van der Waals surface area contributed by atoms with Gasteiger partial charge in [0.2, 0.25) is 0 Å². The van der Waals surface area contributed by atoms with Crippen LogP contribution in [0.5, 0.6) is 5.75 Å². The Kier molecular flexibility index (Phi) is 6.13. The maximum absolute atomic E-state index is 12.6. The van der Waals surface area contributed by atoms with Crippen molar-refractivity contribution in [3.8, 4) is 17.0 Å². The van der Waals surface area contributed by atoms with Gasteiger partial charge in [0.25, 0.3) is 5.91 Å². The zero-order valence-electron chi connectivity index (χ0n) is 16.4. The Balaban J connectivity index is 1.70. The molecule has 4 N–H and O–H groups in total. The number of rotatable bonds is 6. The smallest absolute Gasteiger partial charge is 0.319 e. The molecule has 1 aromatic heterocycles. The van der Waals surface area contributed by atoms with Crippen LogP contribution < -0.4 is 20.7 Å². The van der Waals surface area contributed by atoms with Crippen molar-refractivity contribution >= 4 is 23.4 Å². The molecule has 150 valence electrons. The van der Waals surface area contributed by atoms with Crippen LogP contribution in [0, 0.1) is 0 Å². The topological polar surface area (TPSA) is 108 Å². The lowest BCUT2D eigenvalue weighted by atomic mass is 10.1. The number of carbonyl (C=O) groups is 2. The number of aromatic nitrogens is 2. The van der Waals surface area contributed by atoms with E-state index in [1.165, 1.54) is 0 Å². The van der Waals surface area contributed by atoms with Crippen molar-refractivity contribution in [2.75, 3.05) is 17.7 Å². The molecule has 29 heavy (non-hydrogen) atoms. The predicted molar refractivity (Wildman–Crippen MR) is 112 cm³/mol. The SMILES string of the molecule is COc1ccccc1-c1cc(NC(=O)c2cccc(NC(=O)NC(C)C)c2)n[nH]1. The second-order valence-electron chi connectivity index (χ2n) is 6.66. The molecule has 0 fully saturated rings. The number of carbonyl (C=O) groups excluding carboxylic acids is 2. The number of aromatic amines is 1. The normalized spacial score (nSPS) is 10.5. The zero-order chi connectivity index (χ0) is 20.8. The van der Waals surface area contributed by atoms with E-state index in [4.69, 9.17) is 4.74 Å². The van der Waals surface area contributed by atoms with Crippen LogP contribution in [0.4, 0.5) is 16.3 Å². The van der Waals surface area contributed by atoms with Crippen molar-refractivity contribution in [3.05, 3.63) is 60.2 Å². The summed E-state index contributed by atoms with van der Waals surface area (Å²) in [6, 6.07) is 15.6. The number of methoxy groups -OCH3 is 1. The number of benzene rings is 2. The number of H-pyrrole nitrogens is 1. The Labute approximate surface area is 168 Å². The molecule has 0 spiro atoms. The second kappa shape index (κ2) is 8.92. The van der Waals surface area contributed by atoms with Crippen molar-refractivity contribution in [2.24, 2.45) is 0 Å². The van der Waals surface area contributed by atoms with Gasteiger partial charge in [0.15, 0.2) is 5.82 Å². The van der Waals surface area contributed by atoms with Crippen molar-refractivity contribution in [1.29, 1.82) is 0 Å². The number of para-hydroxylation sites is 1. The van der Waals surface area contributed by atoms with Crippen LogP contribution in [0.15, 0.2) is 54.6 Å². The predicted octanol–water partition coefficient (Wildman–Crippen LogP) is 3.87.